The highest BCUT2D eigenvalue weighted by atomic mass is 35.5. The van der Waals surface area contributed by atoms with E-state index in [0.717, 1.165) is 4.57 Å². The lowest BCUT2D eigenvalue weighted by atomic mass is 10.3. The lowest BCUT2D eigenvalue weighted by Crippen LogP contribution is -2.30. The second-order valence-electron chi connectivity index (χ2n) is 7.76. The first-order chi connectivity index (χ1) is 18.1. The van der Waals surface area contributed by atoms with Gasteiger partial charge in [0.2, 0.25) is 5.95 Å². The average molecular weight is 564 g/mol. The lowest BCUT2D eigenvalue weighted by molar-refractivity contribution is -0.402. The molecular formula is C22H19Cl2N7O7. The molecular weight excluding hydrogens is 545 g/mol. The zero-order valence-electron chi connectivity index (χ0n) is 19.5. The first-order valence-corrected chi connectivity index (χ1v) is 11.5. The Balaban J connectivity index is 1.54. The Kier molecular flexibility index (Phi) is 7.95. The highest BCUT2D eigenvalue weighted by molar-refractivity contribution is 6.35. The standard InChI is InChI=1S/C22H19Cl2N7O7/c1-29-19-18(20(33)27-22(29)34)30(10-13(32)11-37-16-6-4-12(23)9-15(16)24)21(26-19)28-25-8-2-3-14-5-7-17(38-14)31(35)36/h2-9,13,32H,10-11H2,1H3,(H,26,28)(H,27,33,34)/b3-2+,25-8-/t13-/m0/s1. The fourth-order valence-corrected chi connectivity index (χ4v) is 3.81. The van der Waals surface area contributed by atoms with E-state index in [0.29, 0.717) is 10.8 Å². The third-order valence-electron chi connectivity index (χ3n) is 5.10. The number of H-pyrrole nitrogens is 1. The third-order valence-corrected chi connectivity index (χ3v) is 5.63. The van der Waals surface area contributed by atoms with Gasteiger partial charge in [0.05, 0.1) is 17.6 Å². The first-order valence-electron chi connectivity index (χ1n) is 10.8. The van der Waals surface area contributed by atoms with Gasteiger partial charge in [-0.3, -0.25) is 24.5 Å². The van der Waals surface area contributed by atoms with Crippen LogP contribution in [0.15, 0.2) is 55.5 Å². The summed E-state index contributed by atoms with van der Waals surface area (Å²) in [5.74, 6) is 0.196. The Hall–Kier alpha value is -4.40. The Morgan fingerprint density at radius 2 is 2.13 bits per heavy atom. The van der Waals surface area contributed by atoms with E-state index < -0.39 is 28.2 Å². The van der Waals surface area contributed by atoms with Crippen molar-refractivity contribution in [2.45, 2.75) is 12.6 Å². The number of imidazole rings is 1. The lowest BCUT2D eigenvalue weighted by Gasteiger charge is -2.15. The van der Waals surface area contributed by atoms with Gasteiger partial charge in [-0.2, -0.15) is 10.1 Å². The molecule has 3 N–H and O–H groups in total. The van der Waals surface area contributed by atoms with E-state index in [1.807, 2.05) is 0 Å². The zero-order chi connectivity index (χ0) is 27.4. The van der Waals surface area contributed by atoms with Crippen molar-refractivity contribution in [3.63, 3.8) is 0 Å². The maximum Gasteiger partial charge on any atom is 0.433 e. The van der Waals surface area contributed by atoms with Crippen LogP contribution in [-0.2, 0) is 13.6 Å². The highest BCUT2D eigenvalue weighted by Gasteiger charge is 2.20. The monoisotopic (exact) mass is 563 g/mol. The number of aliphatic hydroxyl groups is 1. The molecule has 0 saturated heterocycles. The van der Waals surface area contributed by atoms with Gasteiger partial charge in [-0.1, -0.05) is 23.2 Å². The average Bonchev–Trinajstić information content (AvgIpc) is 3.48. The van der Waals surface area contributed by atoms with Gasteiger partial charge in [0.15, 0.2) is 11.2 Å². The van der Waals surface area contributed by atoms with Gasteiger partial charge in [-0.15, -0.1) is 0 Å². The van der Waals surface area contributed by atoms with Crippen molar-refractivity contribution >= 4 is 58.5 Å². The minimum absolute atomic E-state index is 0.0202. The number of nitrogens with zero attached hydrogens (tertiary/aromatic N) is 5. The maximum atomic E-state index is 12.6. The van der Waals surface area contributed by atoms with Gasteiger partial charge in [0, 0.05) is 18.3 Å². The van der Waals surface area contributed by atoms with Gasteiger partial charge >= 0.3 is 11.6 Å². The second kappa shape index (κ2) is 11.3. The van der Waals surface area contributed by atoms with E-state index in [4.69, 9.17) is 32.4 Å². The third kappa shape index (κ3) is 5.94. The first kappa shape index (κ1) is 26.7. The molecule has 3 heterocycles. The van der Waals surface area contributed by atoms with E-state index in [2.05, 4.69) is 20.5 Å². The molecule has 0 aliphatic carbocycles. The molecule has 38 heavy (non-hydrogen) atoms. The van der Waals surface area contributed by atoms with Crippen LogP contribution < -0.4 is 21.4 Å². The topological polar surface area (TPSA) is 183 Å². The van der Waals surface area contributed by atoms with Crippen LogP contribution in [-0.4, -0.2) is 48.1 Å². The van der Waals surface area contributed by atoms with Crippen LogP contribution in [0, 0.1) is 10.1 Å². The quantitative estimate of drug-likeness (QED) is 0.148. The van der Waals surface area contributed by atoms with Crippen LogP contribution in [0.2, 0.25) is 10.0 Å². The van der Waals surface area contributed by atoms with Crippen LogP contribution in [0.1, 0.15) is 5.76 Å². The number of nitro groups is 1. The molecule has 3 aromatic heterocycles. The SMILES string of the molecule is Cn1c(=O)[nH]c(=O)c2c1nc(N/N=C\C=C\c1ccc([N+](=O)[O-])o1)n2C[C@H](O)COc1ccc(Cl)cc1Cl. The molecule has 0 aliphatic rings. The Morgan fingerprint density at radius 3 is 2.84 bits per heavy atom. The molecule has 0 fully saturated rings. The van der Waals surface area contributed by atoms with Crippen LogP contribution in [0.5, 0.6) is 5.75 Å². The Morgan fingerprint density at radius 1 is 1.34 bits per heavy atom. The summed E-state index contributed by atoms with van der Waals surface area (Å²) in [5, 5.41) is 26.0. The van der Waals surface area contributed by atoms with Crippen molar-refractivity contribution in [3.8, 4) is 5.75 Å². The van der Waals surface area contributed by atoms with Gasteiger partial charge in [0.25, 0.3) is 5.56 Å². The molecule has 0 spiro atoms. The number of ether oxygens (including phenoxy) is 1. The number of aryl methyl sites for hydroxylation is 1. The van der Waals surface area contributed by atoms with Crippen molar-refractivity contribution in [3.05, 3.63) is 83.2 Å². The Bertz CT molecular complexity index is 1670. The molecule has 4 rings (SSSR count). The number of anilines is 1. The molecule has 14 nitrogen and oxygen atoms in total. The number of furan rings is 1. The van der Waals surface area contributed by atoms with E-state index in [9.17, 15) is 24.8 Å². The number of benzene rings is 1. The zero-order valence-corrected chi connectivity index (χ0v) is 21.0. The number of nitrogens with one attached hydrogen (secondary N) is 2. The predicted molar refractivity (Wildman–Crippen MR) is 140 cm³/mol. The number of rotatable bonds is 10. The smallest absolute Gasteiger partial charge is 0.433 e. The van der Waals surface area contributed by atoms with Crippen LogP contribution in [0.25, 0.3) is 17.2 Å². The van der Waals surface area contributed by atoms with E-state index in [1.165, 1.54) is 48.2 Å². The number of hydrogen-bond acceptors (Lipinski definition) is 10. The number of halogens is 2. The summed E-state index contributed by atoms with van der Waals surface area (Å²) in [7, 11) is 1.43. The molecule has 0 unspecified atom stereocenters. The predicted octanol–water partition coefficient (Wildman–Crippen LogP) is 2.78. The van der Waals surface area contributed by atoms with Crippen LogP contribution >= 0.6 is 23.2 Å². The van der Waals surface area contributed by atoms with Crippen LogP contribution in [0.3, 0.4) is 0 Å². The Labute approximate surface area is 222 Å². The van der Waals surface area contributed by atoms with E-state index >= 15 is 0 Å². The van der Waals surface area contributed by atoms with Gasteiger partial charge in [-0.05, 0) is 36.4 Å². The molecule has 0 aliphatic heterocycles. The summed E-state index contributed by atoms with van der Waals surface area (Å²) < 4.78 is 13.1. The number of hydrogen-bond donors (Lipinski definition) is 3. The summed E-state index contributed by atoms with van der Waals surface area (Å²) in [6.45, 7) is -0.349. The number of fused-ring (bicyclic) bond motifs is 1. The summed E-state index contributed by atoms with van der Waals surface area (Å²) in [6.07, 6.45) is 3.07. The number of allylic oxidation sites excluding steroid dienone is 1. The molecule has 16 heteroatoms. The van der Waals surface area contributed by atoms with E-state index in [-0.39, 0.29) is 41.0 Å². The van der Waals surface area contributed by atoms with Gasteiger partial charge in [-0.25, -0.2) is 10.2 Å². The minimum Gasteiger partial charge on any atom is -0.489 e. The number of aliphatic hydroxyl groups excluding tert-OH is 1. The van der Waals surface area contributed by atoms with Gasteiger partial charge in [0.1, 0.15) is 29.1 Å². The summed E-state index contributed by atoms with van der Waals surface area (Å²) in [5.41, 5.74) is 1.36. The molecule has 0 bridgehead atoms. The molecule has 198 valence electrons. The van der Waals surface area contributed by atoms with Crippen molar-refractivity contribution in [1.82, 2.24) is 19.1 Å². The number of hydrazone groups is 1. The molecule has 0 amide bonds. The van der Waals surface area contributed by atoms with E-state index in [1.54, 1.807) is 12.1 Å². The molecule has 1 aromatic carbocycles. The molecule has 0 saturated carbocycles. The normalized spacial score (nSPS) is 12.5. The fourth-order valence-electron chi connectivity index (χ4n) is 3.35. The van der Waals surface area contributed by atoms with Gasteiger partial charge < -0.3 is 18.8 Å². The number of aromatic nitrogens is 4. The summed E-state index contributed by atoms with van der Waals surface area (Å²) >= 11 is 12.0. The highest BCUT2D eigenvalue weighted by Crippen LogP contribution is 2.27. The molecule has 1 atom stereocenters. The van der Waals surface area contributed by atoms with Crippen molar-refractivity contribution < 1.29 is 19.2 Å². The van der Waals surface area contributed by atoms with Crippen LogP contribution in [0.4, 0.5) is 11.8 Å². The molecule has 0 radical (unpaired) electrons. The summed E-state index contributed by atoms with van der Waals surface area (Å²) in [6, 6.07) is 7.27. The fraction of sp³-hybridized carbons (Fsp3) is 0.182. The second-order valence-corrected chi connectivity index (χ2v) is 8.60. The summed E-state index contributed by atoms with van der Waals surface area (Å²) in [4.78, 5) is 41.2. The minimum atomic E-state index is -1.13. The van der Waals surface area contributed by atoms with Crippen molar-refractivity contribution in [2.75, 3.05) is 12.0 Å². The molecule has 4 aromatic rings. The maximum absolute atomic E-state index is 12.6. The number of aromatic amines is 1. The largest absolute Gasteiger partial charge is 0.489 e. The van der Waals surface area contributed by atoms with Crippen molar-refractivity contribution in [2.24, 2.45) is 12.1 Å². The van der Waals surface area contributed by atoms with Crippen molar-refractivity contribution in [1.29, 1.82) is 0 Å².